The summed E-state index contributed by atoms with van der Waals surface area (Å²) in [6, 6.07) is 6.49. The number of aromatic nitrogens is 4. The van der Waals surface area contributed by atoms with Crippen LogP contribution in [0.3, 0.4) is 0 Å². The van der Waals surface area contributed by atoms with Crippen molar-refractivity contribution >= 4 is 17.4 Å². The molecule has 1 saturated carbocycles. The van der Waals surface area contributed by atoms with Gasteiger partial charge in [0.05, 0.1) is 6.04 Å². The van der Waals surface area contributed by atoms with Gasteiger partial charge in [-0.25, -0.2) is 4.68 Å². The summed E-state index contributed by atoms with van der Waals surface area (Å²) in [5, 5.41) is 13.0. The summed E-state index contributed by atoms with van der Waals surface area (Å²) >= 11 is 1.60. The summed E-state index contributed by atoms with van der Waals surface area (Å²) in [5.41, 5.74) is 7.74. The zero-order chi connectivity index (χ0) is 13.2. The molecule has 1 aromatic carbocycles. The molecule has 0 amide bonds. The molecule has 1 aliphatic rings. The third-order valence-electron chi connectivity index (χ3n) is 3.58. The lowest BCUT2D eigenvalue weighted by atomic mass is 10.2. The molecule has 0 aliphatic heterocycles. The van der Waals surface area contributed by atoms with Gasteiger partial charge in [0.1, 0.15) is 0 Å². The van der Waals surface area contributed by atoms with Gasteiger partial charge < -0.3 is 5.73 Å². The average Bonchev–Trinajstić information content (AvgIpc) is 3.04. The van der Waals surface area contributed by atoms with E-state index in [1.165, 1.54) is 25.7 Å². The molecule has 0 spiro atoms. The molecule has 19 heavy (non-hydrogen) atoms. The van der Waals surface area contributed by atoms with Crippen LogP contribution in [0.15, 0.2) is 28.3 Å². The van der Waals surface area contributed by atoms with Gasteiger partial charge in [0.15, 0.2) is 0 Å². The molecule has 0 atom stereocenters. The van der Waals surface area contributed by atoms with E-state index in [4.69, 9.17) is 5.73 Å². The van der Waals surface area contributed by atoms with Crippen LogP contribution in [-0.2, 0) is 0 Å². The van der Waals surface area contributed by atoms with E-state index in [9.17, 15) is 0 Å². The van der Waals surface area contributed by atoms with E-state index >= 15 is 0 Å². The minimum absolute atomic E-state index is 0.465. The number of hydrogen-bond donors (Lipinski definition) is 1. The summed E-state index contributed by atoms with van der Waals surface area (Å²) in [6.45, 7) is 2.01. The molecule has 2 aromatic rings. The summed E-state index contributed by atoms with van der Waals surface area (Å²) in [5.74, 6) is 0. The van der Waals surface area contributed by atoms with Crippen molar-refractivity contribution in [3.8, 4) is 0 Å². The van der Waals surface area contributed by atoms with Crippen molar-refractivity contribution in [3.63, 3.8) is 0 Å². The van der Waals surface area contributed by atoms with Gasteiger partial charge in [-0.2, -0.15) is 0 Å². The number of nitrogens with two attached hydrogens (primary N) is 1. The van der Waals surface area contributed by atoms with E-state index in [2.05, 4.69) is 21.6 Å². The largest absolute Gasteiger partial charge is 0.399 e. The van der Waals surface area contributed by atoms with Crippen LogP contribution in [0.25, 0.3) is 0 Å². The number of aryl methyl sites for hydroxylation is 1. The van der Waals surface area contributed by atoms with Crippen LogP contribution >= 0.6 is 11.8 Å². The van der Waals surface area contributed by atoms with Crippen molar-refractivity contribution in [2.75, 3.05) is 5.73 Å². The standard InChI is InChI=1S/C13H17N5S/c1-9-8-11(6-7-12(9)14)19-13-15-16-17-18(13)10-4-2-3-5-10/h6-8,10H,2-5,14H2,1H3. The first-order valence-corrected chi connectivity index (χ1v) is 7.37. The Morgan fingerprint density at radius 2 is 2.11 bits per heavy atom. The van der Waals surface area contributed by atoms with Crippen LogP contribution in [-0.4, -0.2) is 20.2 Å². The Kier molecular flexibility index (Phi) is 3.42. The van der Waals surface area contributed by atoms with Crippen molar-refractivity contribution in [3.05, 3.63) is 23.8 Å². The fourth-order valence-electron chi connectivity index (χ4n) is 2.45. The normalized spacial score (nSPS) is 16.1. The molecule has 1 aliphatic carbocycles. The molecule has 5 nitrogen and oxygen atoms in total. The Morgan fingerprint density at radius 3 is 2.84 bits per heavy atom. The van der Waals surface area contributed by atoms with Crippen LogP contribution in [0, 0.1) is 6.92 Å². The van der Waals surface area contributed by atoms with Crippen molar-refractivity contribution in [2.45, 2.75) is 48.7 Å². The second kappa shape index (κ2) is 5.21. The summed E-state index contributed by atoms with van der Waals surface area (Å²) < 4.78 is 1.98. The van der Waals surface area contributed by atoms with E-state index < -0.39 is 0 Å². The first kappa shape index (κ1) is 12.5. The maximum Gasteiger partial charge on any atom is 0.214 e. The third kappa shape index (κ3) is 2.58. The zero-order valence-corrected chi connectivity index (χ0v) is 11.7. The third-order valence-corrected chi connectivity index (χ3v) is 4.52. The highest BCUT2D eigenvalue weighted by Crippen LogP contribution is 2.34. The van der Waals surface area contributed by atoms with Gasteiger partial charge >= 0.3 is 0 Å². The number of anilines is 1. The van der Waals surface area contributed by atoms with E-state index in [0.717, 1.165) is 21.3 Å². The predicted octanol–water partition coefficient (Wildman–Crippen LogP) is 2.83. The zero-order valence-electron chi connectivity index (χ0n) is 10.9. The Hall–Kier alpha value is -1.56. The fourth-order valence-corrected chi connectivity index (χ4v) is 3.39. The van der Waals surface area contributed by atoms with Crippen LogP contribution in [0.2, 0.25) is 0 Å². The summed E-state index contributed by atoms with van der Waals surface area (Å²) in [7, 11) is 0. The highest BCUT2D eigenvalue weighted by molar-refractivity contribution is 7.99. The quantitative estimate of drug-likeness (QED) is 0.872. The SMILES string of the molecule is Cc1cc(Sc2nnnn2C2CCCC2)ccc1N. The monoisotopic (exact) mass is 275 g/mol. The smallest absolute Gasteiger partial charge is 0.214 e. The van der Waals surface area contributed by atoms with Gasteiger partial charge in [-0.05, 0) is 65.7 Å². The second-order valence-electron chi connectivity index (χ2n) is 4.96. The Labute approximate surface area is 116 Å². The van der Waals surface area contributed by atoms with Crippen molar-refractivity contribution in [1.29, 1.82) is 0 Å². The minimum Gasteiger partial charge on any atom is -0.399 e. The molecule has 6 heteroatoms. The van der Waals surface area contributed by atoms with Crippen LogP contribution in [0.5, 0.6) is 0 Å². The van der Waals surface area contributed by atoms with E-state index in [0.29, 0.717) is 6.04 Å². The van der Waals surface area contributed by atoms with E-state index in [-0.39, 0.29) is 0 Å². The second-order valence-corrected chi connectivity index (χ2v) is 6.01. The van der Waals surface area contributed by atoms with Gasteiger partial charge in [0.2, 0.25) is 5.16 Å². The molecule has 0 radical (unpaired) electrons. The Morgan fingerprint density at radius 1 is 1.32 bits per heavy atom. The number of tetrazole rings is 1. The lowest BCUT2D eigenvalue weighted by Crippen LogP contribution is -2.08. The fraction of sp³-hybridized carbons (Fsp3) is 0.462. The molecule has 0 saturated heterocycles. The topological polar surface area (TPSA) is 69.6 Å². The van der Waals surface area contributed by atoms with E-state index in [1.54, 1.807) is 11.8 Å². The van der Waals surface area contributed by atoms with Gasteiger partial charge in [-0.1, -0.05) is 12.8 Å². The van der Waals surface area contributed by atoms with Crippen LogP contribution in [0.4, 0.5) is 5.69 Å². The molecule has 1 heterocycles. The molecule has 1 aromatic heterocycles. The van der Waals surface area contributed by atoms with Crippen molar-refractivity contribution in [2.24, 2.45) is 0 Å². The molecular weight excluding hydrogens is 258 g/mol. The first-order valence-electron chi connectivity index (χ1n) is 6.56. The number of benzene rings is 1. The predicted molar refractivity (Wildman–Crippen MR) is 75.0 cm³/mol. The lowest BCUT2D eigenvalue weighted by molar-refractivity contribution is 0.423. The Balaban J connectivity index is 1.83. The molecule has 2 N–H and O–H groups in total. The number of nitrogen functional groups attached to an aromatic ring is 1. The maximum atomic E-state index is 5.84. The average molecular weight is 275 g/mol. The maximum absolute atomic E-state index is 5.84. The lowest BCUT2D eigenvalue weighted by Gasteiger charge is -2.11. The van der Waals surface area contributed by atoms with Gasteiger partial charge in [-0.3, -0.25) is 0 Å². The van der Waals surface area contributed by atoms with Crippen molar-refractivity contribution < 1.29 is 0 Å². The molecule has 0 unspecified atom stereocenters. The van der Waals surface area contributed by atoms with Crippen molar-refractivity contribution in [1.82, 2.24) is 20.2 Å². The Bertz CT molecular complexity index is 574. The number of hydrogen-bond acceptors (Lipinski definition) is 5. The highest BCUT2D eigenvalue weighted by Gasteiger charge is 2.21. The van der Waals surface area contributed by atoms with Crippen LogP contribution < -0.4 is 5.73 Å². The van der Waals surface area contributed by atoms with Gasteiger partial charge in [0, 0.05) is 10.6 Å². The summed E-state index contributed by atoms with van der Waals surface area (Å²) in [6.07, 6.45) is 4.91. The summed E-state index contributed by atoms with van der Waals surface area (Å²) in [4.78, 5) is 1.13. The minimum atomic E-state index is 0.465. The first-order chi connectivity index (χ1) is 9.24. The number of rotatable bonds is 3. The number of nitrogens with zero attached hydrogens (tertiary/aromatic N) is 4. The highest BCUT2D eigenvalue weighted by atomic mass is 32.2. The molecule has 3 rings (SSSR count). The van der Waals surface area contributed by atoms with Gasteiger partial charge in [0.25, 0.3) is 0 Å². The molecule has 1 fully saturated rings. The van der Waals surface area contributed by atoms with E-state index in [1.807, 2.05) is 23.7 Å². The van der Waals surface area contributed by atoms with Gasteiger partial charge in [-0.15, -0.1) is 5.10 Å². The molecule has 0 bridgehead atoms. The molecular formula is C13H17N5S. The molecule has 100 valence electrons. The van der Waals surface area contributed by atoms with Crippen LogP contribution in [0.1, 0.15) is 37.3 Å².